The predicted molar refractivity (Wildman–Crippen MR) is 90.6 cm³/mol. The molecule has 1 rings (SSSR count). The van der Waals surface area contributed by atoms with Gasteiger partial charge in [-0.1, -0.05) is 33.8 Å². The van der Waals surface area contributed by atoms with Crippen LogP contribution in [-0.2, 0) is 6.42 Å². The highest BCUT2D eigenvalue weighted by Crippen LogP contribution is 2.28. The Bertz CT molecular complexity index is 404. The quantitative estimate of drug-likeness (QED) is 0.696. The van der Waals surface area contributed by atoms with Crippen LogP contribution in [0.4, 0.5) is 0 Å². The molecule has 0 saturated carbocycles. The van der Waals surface area contributed by atoms with Crippen LogP contribution < -0.4 is 10.1 Å². The second kappa shape index (κ2) is 8.68. The summed E-state index contributed by atoms with van der Waals surface area (Å²) in [5, 5.41) is 3.44. The Labute approximate surface area is 132 Å². The number of hydrogen-bond donors (Lipinski definition) is 1. The molecule has 0 bridgehead atoms. The number of ether oxygens (including phenoxy) is 1. The van der Waals surface area contributed by atoms with Crippen molar-refractivity contribution < 1.29 is 4.74 Å². The molecule has 0 heterocycles. The number of aryl methyl sites for hydroxylation is 1. The van der Waals surface area contributed by atoms with Crippen molar-refractivity contribution in [2.45, 2.75) is 47.0 Å². The molecule has 2 nitrogen and oxygen atoms in total. The SMILES string of the molecule is CCCOc1ccc(CCC(C)(C)CNCC)cc1Br. The van der Waals surface area contributed by atoms with E-state index in [1.54, 1.807) is 0 Å². The normalized spacial score (nSPS) is 11.7. The van der Waals surface area contributed by atoms with Crippen molar-refractivity contribution in [1.29, 1.82) is 0 Å². The van der Waals surface area contributed by atoms with Gasteiger partial charge in [-0.15, -0.1) is 0 Å². The van der Waals surface area contributed by atoms with E-state index in [2.05, 4.69) is 67.1 Å². The molecule has 0 aliphatic heterocycles. The second-order valence-corrected chi connectivity index (χ2v) is 6.91. The number of benzene rings is 1. The van der Waals surface area contributed by atoms with Gasteiger partial charge in [0.15, 0.2) is 0 Å². The highest BCUT2D eigenvalue weighted by molar-refractivity contribution is 9.10. The van der Waals surface area contributed by atoms with Crippen LogP contribution in [0.5, 0.6) is 5.75 Å². The first-order valence-electron chi connectivity index (χ1n) is 7.60. The third kappa shape index (κ3) is 6.27. The average Bonchev–Trinajstić information content (AvgIpc) is 2.42. The van der Waals surface area contributed by atoms with Crippen LogP contribution in [0.2, 0.25) is 0 Å². The molecule has 1 aromatic rings. The molecule has 0 fully saturated rings. The van der Waals surface area contributed by atoms with Crippen LogP contribution in [0.15, 0.2) is 22.7 Å². The fourth-order valence-electron chi connectivity index (χ4n) is 2.06. The van der Waals surface area contributed by atoms with Gasteiger partial charge in [-0.05, 0) is 64.8 Å². The van der Waals surface area contributed by atoms with E-state index in [0.717, 1.165) is 42.8 Å². The maximum atomic E-state index is 5.68. The van der Waals surface area contributed by atoms with E-state index in [9.17, 15) is 0 Å². The van der Waals surface area contributed by atoms with Crippen molar-refractivity contribution in [3.05, 3.63) is 28.2 Å². The lowest BCUT2D eigenvalue weighted by Crippen LogP contribution is -2.29. The molecule has 20 heavy (non-hydrogen) atoms. The summed E-state index contributed by atoms with van der Waals surface area (Å²) in [5.74, 6) is 0.947. The molecule has 0 amide bonds. The summed E-state index contributed by atoms with van der Waals surface area (Å²) in [6.45, 7) is 11.8. The lowest BCUT2D eigenvalue weighted by molar-refractivity contribution is 0.313. The summed E-state index contributed by atoms with van der Waals surface area (Å²) in [4.78, 5) is 0. The molecule has 0 aliphatic carbocycles. The number of rotatable bonds is 9. The van der Waals surface area contributed by atoms with Crippen molar-refractivity contribution >= 4 is 15.9 Å². The minimum Gasteiger partial charge on any atom is -0.492 e. The maximum absolute atomic E-state index is 5.68. The van der Waals surface area contributed by atoms with Gasteiger partial charge in [0.2, 0.25) is 0 Å². The van der Waals surface area contributed by atoms with Crippen LogP contribution in [-0.4, -0.2) is 19.7 Å². The summed E-state index contributed by atoms with van der Waals surface area (Å²) < 4.78 is 6.75. The van der Waals surface area contributed by atoms with Gasteiger partial charge in [0.1, 0.15) is 5.75 Å². The summed E-state index contributed by atoms with van der Waals surface area (Å²) in [5.41, 5.74) is 1.70. The van der Waals surface area contributed by atoms with Crippen molar-refractivity contribution in [3.8, 4) is 5.75 Å². The van der Waals surface area contributed by atoms with Gasteiger partial charge < -0.3 is 10.1 Å². The third-order valence-corrected chi connectivity index (χ3v) is 4.02. The maximum Gasteiger partial charge on any atom is 0.133 e. The molecule has 1 N–H and O–H groups in total. The molecule has 0 aliphatic rings. The van der Waals surface area contributed by atoms with Crippen LogP contribution in [0.3, 0.4) is 0 Å². The van der Waals surface area contributed by atoms with E-state index in [-0.39, 0.29) is 0 Å². The van der Waals surface area contributed by atoms with Crippen molar-refractivity contribution in [2.24, 2.45) is 5.41 Å². The molecule has 0 spiro atoms. The first kappa shape index (κ1) is 17.5. The first-order valence-corrected chi connectivity index (χ1v) is 8.39. The molecule has 0 unspecified atom stereocenters. The topological polar surface area (TPSA) is 21.3 Å². The van der Waals surface area contributed by atoms with Gasteiger partial charge in [0, 0.05) is 6.54 Å². The molecule has 3 heteroatoms. The summed E-state index contributed by atoms with van der Waals surface area (Å²) in [7, 11) is 0. The highest BCUT2D eigenvalue weighted by atomic mass is 79.9. The standard InChI is InChI=1S/C17H28BrNO/c1-5-11-20-16-8-7-14(12-15(16)18)9-10-17(3,4)13-19-6-2/h7-8,12,19H,5-6,9-11,13H2,1-4H3. The predicted octanol–water partition coefficient (Wildman–Crippen LogP) is 4.81. The highest BCUT2D eigenvalue weighted by Gasteiger charge is 2.17. The van der Waals surface area contributed by atoms with E-state index >= 15 is 0 Å². The lowest BCUT2D eigenvalue weighted by atomic mass is 9.86. The average molecular weight is 342 g/mol. The van der Waals surface area contributed by atoms with Crippen molar-refractivity contribution in [3.63, 3.8) is 0 Å². The lowest BCUT2D eigenvalue weighted by Gasteiger charge is -2.25. The molecular formula is C17H28BrNO. The van der Waals surface area contributed by atoms with Crippen LogP contribution in [0, 0.1) is 5.41 Å². The van der Waals surface area contributed by atoms with E-state index in [1.165, 1.54) is 12.0 Å². The number of halogens is 1. The van der Waals surface area contributed by atoms with Crippen molar-refractivity contribution in [2.75, 3.05) is 19.7 Å². The smallest absolute Gasteiger partial charge is 0.133 e. The van der Waals surface area contributed by atoms with Crippen LogP contribution >= 0.6 is 15.9 Å². The Hall–Kier alpha value is -0.540. The zero-order chi connectivity index (χ0) is 15.0. The van der Waals surface area contributed by atoms with Gasteiger partial charge in [-0.3, -0.25) is 0 Å². The summed E-state index contributed by atoms with van der Waals surface area (Å²) in [6, 6.07) is 6.44. The van der Waals surface area contributed by atoms with E-state index < -0.39 is 0 Å². The van der Waals surface area contributed by atoms with Gasteiger partial charge in [0.05, 0.1) is 11.1 Å². The van der Waals surface area contributed by atoms with Gasteiger partial charge in [-0.2, -0.15) is 0 Å². The summed E-state index contributed by atoms with van der Waals surface area (Å²) >= 11 is 3.60. The molecule has 0 saturated heterocycles. The van der Waals surface area contributed by atoms with Crippen molar-refractivity contribution in [1.82, 2.24) is 5.32 Å². The van der Waals surface area contributed by atoms with Gasteiger partial charge in [0.25, 0.3) is 0 Å². The fourth-order valence-corrected chi connectivity index (χ4v) is 2.60. The third-order valence-electron chi connectivity index (χ3n) is 3.40. The molecule has 1 aromatic carbocycles. The Morgan fingerprint density at radius 1 is 1.25 bits per heavy atom. The van der Waals surface area contributed by atoms with E-state index in [1.807, 2.05) is 0 Å². The first-order chi connectivity index (χ1) is 9.48. The molecule has 0 atom stereocenters. The molecular weight excluding hydrogens is 314 g/mol. The molecule has 0 radical (unpaired) electrons. The molecule has 0 aromatic heterocycles. The van der Waals surface area contributed by atoms with E-state index in [0.29, 0.717) is 5.41 Å². The second-order valence-electron chi connectivity index (χ2n) is 6.06. The number of nitrogens with one attached hydrogen (secondary N) is 1. The molecule has 114 valence electrons. The Balaban J connectivity index is 2.54. The van der Waals surface area contributed by atoms with Crippen LogP contribution in [0.25, 0.3) is 0 Å². The Morgan fingerprint density at radius 2 is 2.00 bits per heavy atom. The van der Waals surface area contributed by atoms with E-state index in [4.69, 9.17) is 4.74 Å². The Morgan fingerprint density at radius 3 is 2.60 bits per heavy atom. The largest absolute Gasteiger partial charge is 0.492 e. The zero-order valence-corrected chi connectivity index (χ0v) is 14.8. The van der Waals surface area contributed by atoms with Gasteiger partial charge >= 0.3 is 0 Å². The Kier molecular flexibility index (Phi) is 7.60. The van der Waals surface area contributed by atoms with Crippen LogP contribution in [0.1, 0.15) is 46.1 Å². The zero-order valence-electron chi connectivity index (χ0n) is 13.3. The van der Waals surface area contributed by atoms with Gasteiger partial charge in [-0.25, -0.2) is 0 Å². The number of hydrogen-bond acceptors (Lipinski definition) is 2. The monoisotopic (exact) mass is 341 g/mol. The minimum atomic E-state index is 0.333. The fraction of sp³-hybridized carbons (Fsp3) is 0.647. The summed E-state index contributed by atoms with van der Waals surface area (Å²) in [6.07, 6.45) is 3.32. The minimum absolute atomic E-state index is 0.333.